The fraction of sp³-hybridized carbons (Fsp3) is 0.375. The molecular formula is C16H20N6S. The number of aryl methyl sites for hydroxylation is 3. The van der Waals surface area contributed by atoms with E-state index in [4.69, 9.17) is 0 Å². The molecule has 3 aromatic rings. The quantitative estimate of drug-likeness (QED) is 0.651. The molecule has 0 aliphatic carbocycles. The van der Waals surface area contributed by atoms with Crippen LogP contribution in [0.25, 0.3) is 5.69 Å². The minimum Gasteiger partial charge on any atom is -0.273 e. The van der Waals surface area contributed by atoms with Gasteiger partial charge in [0, 0.05) is 18.5 Å². The van der Waals surface area contributed by atoms with Crippen molar-refractivity contribution in [2.75, 3.05) is 5.75 Å². The lowest BCUT2D eigenvalue weighted by Crippen LogP contribution is -2.03. The summed E-state index contributed by atoms with van der Waals surface area (Å²) in [5.74, 6) is 0.917. The average molecular weight is 328 g/mol. The Bertz CT molecular complexity index is 791. The highest BCUT2D eigenvalue weighted by Gasteiger charge is 2.12. The fourth-order valence-corrected chi connectivity index (χ4v) is 3.23. The Balaban J connectivity index is 1.70. The van der Waals surface area contributed by atoms with Gasteiger partial charge in [-0.2, -0.15) is 9.78 Å². The monoisotopic (exact) mass is 328 g/mol. The molecule has 0 bridgehead atoms. The number of rotatable bonds is 6. The standard InChI is InChI=1S/C16H20N6S/c1-4-21-11-14(10-17-21)8-9-23-16-18-19-20-22(16)15-7-5-6-12(2)13(15)3/h5-7,10-11H,4,8-9H2,1-3H3. The summed E-state index contributed by atoms with van der Waals surface area (Å²) in [6.07, 6.45) is 4.97. The van der Waals surface area contributed by atoms with Crippen molar-refractivity contribution in [3.63, 3.8) is 0 Å². The minimum atomic E-state index is 0.821. The van der Waals surface area contributed by atoms with Crippen LogP contribution in [0, 0.1) is 13.8 Å². The molecule has 0 saturated heterocycles. The van der Waals surface area contributed by atoms with E-state index in [1.54, 1.807) is 11.8 Å². The molecule has 120 valence electrons. The lowest BCUT2D eigenvalue weighted by atomic mass is 10.1. The molecule has 0 fully saturated rings. The summed E-state index contributed by atoms with van der Waals surface area (Å²) in [6, 6.07) is 6.18. The zero-order chi connectivity index (χ0) is 16.2. The van der Waals surface area contributed by atoms with Crippen molar-refractivity contribution in [2.45, 2.75) is 38.9 Å². The summed E-state index contributed by atoms with van der Waals surface area (Å²) in [4.78, 5) is 0. The Morgan fingerprint density at radius 3 is 2.87 bits per heavy atom. The maximum atomic E-state index is 4.30. The summed E-state index contributed by atoms with van der Waals surface area (Å²) in [7, 11) is 0. The van der Waals surface area contributed by atoms with Crippen molar-refractivity contribution >= 4 is 11.8 Å². The van der Waals surface area contributed by atoms with Crippen LogP contribution in [0.2, 0.25) is 0 Å². The Hall–Kier alpha value is -2.15. The van der Waals surface area contributed by atoms with E-state index < -0.39 is 0 Å². The van der Waals surface area contributed by atoms with E-state index in [1.807, 2.05) is 27.7 Å². The molecule has 0 atom stereocenters. The molecule has 0 amide bonds. The molecule has 0 unspecified atom stereocenters. The molecular weight excluding hydrogens is 308 g/mol. The second kappa shape index (κ2) is 6.95. The van der Waals surface area contributed by atoms with Gasteiger partial charge >= 0.3 is 0 Å². The second-order valence-corrected chi connectivity index (χ2v) is 6.46. The smallest absolute Gasteiger partial charge is 0.214 e. The van der Waals surface area contributed by atoms with E-state index in [0.29, 0.717) is 0 Å². The summed E-state index contributed by atoms with van der Waals surface area (Å²) < 4.78 is 3.77. The minimum absolute atomic E-state index is 0.821. The van der Waals surface area contributed by atoms with Crippen LogP contribution in [-0.2, 0) is 13.0 Å². The van der Waals surface area contributed by atoms with Crippen molar-refractivity contribution in [2.24, 2.45) is 0 Å². The number of thioether (sulfide) groups is 1. The van der Waals surface area contributed by atoms with Crippen LogP contribution in [0.5, 0.6) is 0 Å². The molecule has 2 aromatic heterocycles. The van der Waals surface area contributed by atoms with Gasteiger partial charge in [0.15, 0.2) is 0 Å². The van der Waals surface area contributed by atoms with Gasteiger partial charge in [-0.25, -0.2) is 0 Å². The highest BCUT2D eigenvalue weighted by atomic mass is 32.2. The number of hydrogen-bond donors (Lipinski definition) is 0. The van der Waals surface area contributed by atoms with E-state index in [2.05, 4.69) is 53.7 Å². The SMILES string of the molecule is CCn1cc(CCSc2nnnn2-c2cccc(C)c2C)cn1. The number of benzene rings is 1. The van der Waals surface area contributed by atoms with Crippen molar-refractivity contribution in [1.82, 2.24) is 30.0 Å². The third-order valence-corrected chi connectivity index (χ3v) is 4.80. The van der Waals surface area contributed by atoms with E-state index in [9.17, 15) is 0 Å². The molecule has 0 saturated carbocycles. The Morgan fingerprint density at radius 1 is 1.22 bits per heavy atom. The first-order valence-corrected chi connectivity index (χ1v) is 8.66. The normalized spacial score (nSPS) is 11.1. The molecule has 0 radical (unpaired) electrons. The van der Waals surface area contributed by atoms with Gasteiger partial charge in [-0.3, -0.25) is 4.68 Å². The lowest BCUT2D eigenvalue weighted by molar-refractivity contribution is 0.659. The summed E-state index contributed by atoms with van der Waals surface area (Å²) in [5.41, 5.74) is 4.72. The first kappa shape index (κ1) is 15.7. The van der Waals surface area contributed by atoms with Crippen LogP contribution < -0.4 is 0 Å². The molecule has 7 heteroatoms. The van der Waals surface area contributed by atoms with Gasteiger partial charge in [-0.05, 0) is 60.4 Å². The van der Waals surface area contributed by atoms with Crippen molar-refractivity contribution < 1.29 is 0 Å². The zero-order valence-corrected chi connectivity index (χ0v) is 14.4. The average Bonchev–Trinajstić information content (AvgIpc) is 3.19. The fourth-order valence-electron chi connectivity index (χ4n) is 2.35. The van der Waals surface area contributed by atoms with Gasteiger partial charge in [0.25, 0.3) is 0 Å². The highest BCUT2D eigenvalue weighted by molar-refractivity contribution is 7.99. The molecule has 0 aliphatic heterocycles. The maximum Gasteiger partial charge on any atom is 0.214 e. The van der Waals surface area contributed by atoms with Crippen LogP contribution in [-0.4, -0.2) is 35.7 Å². The Labute approximate surface area is 139 Å². The number of hydrogen-bond acceptors (Lipinski definition) is 5. The van der Waals surface area contributed by atoms with Crippen LogP contribution in [0.3, 0.4) is 0 Å². The van der Waals surface area contributed by atoms with E-state index in [-0.39, 0.29) is 0 Å². The maximum absolute atomic E-state index is 4.30. The van der Waals surface area contributed by atoms with Crippen LogP contribution in [0.15, 0.2) is 35.7 Å². The zero-order valence-electron chi connectivity index (χ0n) is 13.6. The van der Waals surface area contributed by atoms with Crippen molar-refractivity contribution in [1.29, 1.82) is 0 Å². The van der Waals surface area contributed by atoms with E-state index in [0.717, 1.165) is 29.6 Å². The molecule has 0 aliphatic rings. The van der Waals surface area contributed by atoms with Gasteiger partial charge in [-0.1, -0.05) is 23.9 Å². The van der Waals surface area contributed by atoms with E-state index in [1.165, 1.54) is 16.7 Å². The highest BCUT2D eigenvalue weighted by Crippen LogP contribution is 2.22. The van der Waals surface area contributed by atoms with Gasteiger partial charge < -0.3 is 0 Å². The molecule has 3 rings (SSSR count). The lowest BCUT2D eigenvalue weighted by Gasteiger charge is -2.09. The largest absolute Gasteiger partial charge is 0.273 e. The topological polar surface area (TPSA) is 61.4 Å². The summed E-state index contributed by atoms with van der Waals surface area (Å²) in [5, 5.41) is 17.3. The molecule has 0 spiro atoms. The number of aromatic nitrogens is 6. The molecule has 6 nitrogen and oxygen atoms in total. The molecule has 2 heterocycles. The van der Waals surface area contributed by atoms with Crippen molar-refractivity contribution in [3.05, 3.63) is 47.3 Å². The molecule has 23 heavy (non-hydrogen) atoms. The molecule has 0 N–H and O–H groups in total. The van der Waals surface area contributed by atoms with Crippen LogP contribution in [0.1, 0.15) is 23.6 Å². The van der Waals surface area contributed by atoms with Gasteiger partial charge in [-0.15, -0.1) is 5.10 Å². The first-order chi connectivity index (χ1) is 11.2. The third-order valence-electron chi connectivity index (χ3n) is 3.88. The van der Waals surface area contributed by atoms with Gasteiger partial charge in [0.05, 0.1) is 11.9 Å². The number of nitrogens with zero attached hydrogens (tertiary/aromatic N) is 6. The first-order valence-electron chi connectivity index (χ1n) is 7.68. The summed E-state index contributed by atoms with van der Waals surface area (Å²) >= 11 is 1.66. The van der Waals surface area contributed by atoms with Crippen LogP contribution in [0.4, 0.5) is 0 Å². The second-order valence-electron chi connectivity index (χ2n) is 5.40. The summed E-state index contributed by atoms with van der Waals surface area (Å²) in [6.45, 7) is 7.18. The van der Waals surface area contributed by atoms with Crippen LogP contribution >= 0.6 is 11.8 Å². The van der Waals surface area contributed by atoms with E-state index >= 15 is 0 Å². The van der Waals surface area contributed by atoms with Gasteiger partial charge in [0.1, 0.15) is 0 Å². The predicted octanol–water partition coefficient (Wildman–Crippen LogP) is 2.83. The number of tetrazole rings is 1. The van der Waals surface area contributed by atoms with Gasteiger partial charge in [0.2, 0.25) is 5.16 Å². The third kappa shape index (κ3) is 3.44. The predicted molar refractivity (Wildman–Crippen MR) is 91.0 cm³/mol. The Morgan fingerprint density at radius 2 is 2.09 bits per heavy atom. The molecule has 1 aromatic carbocycles. The Kier molecular flexibility index (Phi) is 4.76. The van der Waals surface area contributed by atoms with Crippen molar-refractivity contribution in [3.8, 4) is 5.69 Å².